The van der Waals surface area contributed by atoms with Crippen molar-refractivity contribution in [3.63, 3.8) is 0 Å². The van der Waals surface area contributed by atoms with E-state index >= 15 is 0 Å². The SMILES string of the molecule is C=CCOc1c(I)cc(I)cc1/C=c1\sc2n(c1=O)[C@@H](c1cc(OC)c(OC)cc1Br)C(C(=O)OCC)=C(C)N=2. The number of benzene rings is 2. The molecule has 0 amide bonds. The molecule has 0 radical (unpaired) electrons. The number of esters is 1. The van der Waals surface area contributed by atoms with Crippen LogP contribution in [-0.2, 0) is 9.53 Å². The number of nitrogens with zero attached hydrogens (tertiary/aromatic N) is 2. The maximum atomic E-state index is 14.1. The van der Waals surface area contributed by atoms with Gasteiger partial charge < -0.3 is 18.9 Å². The van der Waals surface area contributed by atoms with Crippen LogP contribution in [0.2, 0.25) is 0 Å². The lowest BCUT2D eigenvalue weighted by molar-refractivity contribution is -0.139. The fourth-order valence-electron chi connectivity index (χ4n) is 4.29. The van der Waals surface area contributed by atoms with Crippen molar-refractivity contribution >= 4 is 84.5 Å². The van der Waals surface area contributed by atoms with Gasteiger partial charge in [-0.2, -0.15) is 0 Å². The van der Waals surface area contributed by atoms with Gasteiger partial charge in [0.1, 0.15) is 12.4 Å². The summed E-state index contributed by atoms with van der Waals surface area (Å²) in [5.41, 5.74) is 1.83. The predicted octanol–water partition coefficient (Wildman–Crippen LogP) is 5.35. The first-order valence-electron chi connectivity index (χ1n) is 12.0. The molecule has 0 spiro atoms. The van der Waals surface area contributed by atoms with E-state index in [9.17, 15) is 9.59 Å². The number of carbonyl (C=O) groups is 1. The summed E-state index contributed by atoms with van der Waals surface area (Å²) in [6, 6.07) is 6.64. The van der Waals surface area contributed by atoms with E-state index in [4.69, 9.17) is 18.9 Å². The van der Waals surface area contributed by atoms with Crippen LogP contribution in [0.1, 0.15) is 31.0 Å². The molecule has 2 aromatic carbocycles. The standard InChI is InChI=1S/C28H25BrI2N2O6S/c1-6-8-39-25-15(9-16(30)11-19(25)31)10-22-26(34)33-24(17-12-20(36-4)21(37-5)13-18(17)29)23(27(35)38-7-2)14(3)32-28(33)40-22/h6,9-13,24H,1,7-8H2,2-5H3/b22-10-/t24-/m0/s1. The van der Waals surface area contributed by atoms with Crippen molar-refractivity contribution in [1.29, 1.82) is 0 Å². The number of fused-ring (bicyclic) bond motifs is 1. The topological polar surface area (TPSA) is 88.3 Å². The van der Waals surface area contributed by atoms with E-state index in [0.29, 0.717) is 48.9 Å². The maximum absolute atomic E-state index is 14.1. The smallest absolute Gasteiger partial charge is 0.338 e. The first kappa shape index (κ1) is 30.8. The van der Waals surface area contributed by atoms with Crippen molar-refractivity contribution in [2.75, 3.05) is 27.4 Å². The lowest BCUT2D eigenvalue weighted by Crippen LogP contribution is -2.40. The monoisotopic (exact) mass is 850 g/mol. The van der Waals surface area contributed by atoms with Gasteiger partial charge in [-0.1, -0.05) is 39.9 Å². The van der Waals surface area contributed by atoms with Crippen molar-refractivity contribution < 1.29 is 23.7 Å². The van der Waals surface area contributed by atoms with Crippen LogP contribution in [0.15, 0.2) is 62.5 Å². The second kappa shape index (κ2) is 13.2. The number of methoxy groups -OCH3 is 2. The minimum absolute atomic E-state index is 0.179. The molecule has 0 fully saturated rings. The third-order valence-corrected chi connectivity index (χ3v) is 9.08. The summed E-state index contributed by atoms with van der Waals surface area (Å²) in [4.78, 5) is 32.5. The molecule has 8 nitrogen and oxygen atoms in total. The third kappa shape index (κ3) is 6.04. The predicted molar refractivity (Wildman–Crippen MR) is 175 cm³/mol. The molecule has 0 unspecified atom stereocenters. The summed E-state index contributed by atoms with van der Waals surface area (Å²) < 4.78 is 26.9. The Balaban J connectivity index is 2.02. The van der Waals surface area contributed by atoms with Crippen molar-refractivity contribution in [1.82, 2.24) is 4.57 Å². The maximum Gasteiger partial charge on any atom is 0.338 e. The van der Waals surface area contributed by atoms with Crippen LogP contribution in [0.4, 0.5) is 0 Å². The molecule has 2 heterocycles. The highest BCUT2D eigenvalue weighted by Gasteiger charge is 2.35. The Morgan fingerprint density at radius 3 is 2.55 bits per heavy atom. The molecule has 1 atom stereocenters. The Kier molecular flexibility index (Phi) is 10.2. The van der Waals surface area contributed by atoms with Crippen molar-refractivity contribution in [3.05, 3.63) is 90.6 Å². The largest absolute Gasteiger partial charge is 0.493 e. The van der Waals surface area contributed by atoms with E-state index in [-0.39, 0.29) is 17.7 Å². The van der Waals surface area contributed by atoms with Crippen LogP contribution in [0.3, 0.4) is 0 Å². The zero-order valence-corrected chi connectivity index (χ0v) is 28.8. The molecule has 0 aliphatic carbocycles. The highest BCUT2D eigenvalue weighted by atomic mass is 127. The first-order chi connectivity index (χ1) is 19.1. The van der Waals surface area contributed by atoms with Crippen LogP contribution in [-0.4, -0.2) is 38.0 Å². The molecule has 1 aromatic heterocycles. The fourth-order valence-corrected chi connectivity index (χ4v) is 7.91. The van der Waals surface area contributed by atoms with Gasteiger partial charge in [0.2, 0.25) is 0 Å². The fraction of sp³-hybridized carbons (Fsp3) is 0.250. The summed E-state index contributed by atoms with van der Waals surface area (Å²) >= 11 is 9.32. The Morgan fingerprint density at radius 1 is 1.20 bits per heavy atom. The molecule has 0 saturated heterocycles. The van der Waals surface area contributed by atoms with Crippen LogP contribution >= 0.6 is 72.4 Å². The van der Waals surface area contributed by atoms with Gasteiger partial charge in [0.05, 0.1) is 46.2 Å². The van der Waals surface area contributed by atoms with Crippen LogP contribution in [0.5, 0.6) is 17.2 Å². The molecule has 4 rings (SSSR count). The van der Waals surface area contributed by atoms with Gasteiger partial charge in [0, 0.05) is 13.6 Å². The molecule has 3 aromatic rings. The van der Waals surface area contributed by atoms with Crippen molar-refractivity contribution in [2.45, 2.75) is 19.9 Å². The molecule has 1 aliphatic rings. The molecule has 0 N–H and O–H groups in total. The van der Waals surface area contributed by atoms with Crippen LogP contribution in [0.25, 0.3) is 6.08 Å². The Morgan fingerprint density at radius 2 is 1.90 bits per heavy atom. The van der Waals surface area contributed by atoms with Gasteiger partial charge in [-0.15, -0.1) is 0 Å². The van der Waals surface area contributed by atoms with Gasteiger partial charge in [0.25, 0.3) is 5.56 Å². The van der Waals surface area contributed by atoms with Gasteiger partial charge in [0.15, 0.2) is 16.3 Å². The van der Waals surface area contributed by atoms with Crippen molar-refractivity contribution in [3.8, 4) is 17.2 Å². The first-order valence-corrected chi connectivity index (χ1v) is 15.8. The minimum Gasteiger partial charge on any atom is -0.493 e. The number of allylic oxidation sites excluding steroid dienone is 1. The Hall–Kier alpha value is -2.17. The minimum atomic E-state index is -0.820. The van der Waals surface area contributed by atoms with E-state index in [0.717, 1.165) is 12.7 Å². The lowest BCUT2D eigenvalue weighted by atomic mass is 9.95. The Labute approximate surface area is 270 Å². The molecular formula is C28H25BrI2N2O6S. The van der Waals surface area contributed by atoms with Gasteiger partial charge in [-0.25, -0.2) is 9.79 Å². The number of hydrogen-bond acceptors (Lipinski definition) is 8. The highest BCUT2D eigenvalue weighted by molar-refractivity contribution is 14.1. The highest BCUT2D eigenvalue weighted by Crippen LogP contribution is 2.41. The van der Waals surface area contributed by atoms with Crippen LogP contribution < -0.4 is 29.1 Å². The normalized spacial score (nSPS) is 14.9. The number of carbonyl (C=O) groups excluding carboxylic acids is 1. The number of rotatable bonds is 9. The van der Waals surface area contributed by atoms with E-state index in [2.05, 4.69) is 72.7 Å². The molecule has 0 bridgehead atoms. The second-order valence-electron chi connectivity index (χ2n) is 8.44. The van der Waals surface area contributed by atoms with Crippen LogP contribution in [0, 0.1) is 7.14 Å². The lowest BCUT2D eigenvalue weighted by Gasteiger charge is -2.26. The number of thiazole rings is 1. The van der Waals surface area contributed by atoms with E-state index in [1.165, 1.54) is 23.0 Å². The van der Waals surface area contributed by atoms with E-state index < -0.39 is 12.0 Å². The van der Waals surface area contributed by atoms with Gasteiger partial charge in [-0.05, 0) is 94.9 Å². The summed E-state index contributed by atoms with van der Waals surface area (Å²) in [6.45, 7) is 7.72. The number of aromatic nitrogens is 1. The number of halogens is 3. The quantitative estimate of drug-likeness (QED) is 0.164. The van der Waals surface area contributed by atoms with E-state index in [1.54, 1.807) is 45.2 Å². The number of ether oxygens (including phenoxy) is 4. The molecule has 210 valence electrons. The summed E-state index contributed by atoms with van der Waals surface area (Å²) in [5, 5.41) is 0. The third-order valence-electron chi connectivity index (χ3n) is 5.98. The van der Waals surface area contributed by atoms with E-state index in [1.807, 2.05) is 12.1 Å². The zero-order valence-electron chi connectivity index (χ0n) is 22.0. The Bertz CT molecular complexity index is 1710. The van der Waals surface area contributed by atoms with Gasteiger partial charge in [-0.3, -0.25) is 9.36 Å². The molecular weight excluding hydrogens is 826 g/mol. The summed E-state index contributed by atoms with van der Waals surface area (Å²) in [7, 11) is 3.07. The molecule has 0 saturated carbocycles. The summed E-state index contributed by atoms with van der Waals surface area (Å²) in [5.74, 6) is 1.08. The average Bonchev–Trinajstić information content (AvgIpc) is 3.21. The molecule has 1 aliphatic heterocycles. The van der Waals surface area contributed by atoms with Gasteiger partial charge >= 0.3 is 5.97 Å². The molecule has 40 heavy (non-hydrogen) atoms. The molecule has 12 heteroatoms. The zero-order chi connectivity index (χ0) is 29.1. The summed E-state index contributed by atoms with van der Waals surface area (Å²) in [6.07, 6.45) is 3.48. The second-order valence-corrected chi connectivity index (χ2v) is 12.7. The number of hydrogen-bond donors (Lipinski definition) is 0. The average molecular weight is 851 g/mol. The van der Waals surface area contributed by atoms with Crippen molar-refractivity contribution in [2.24, 2.45) is 4.99 Å².